The molecule has 0 amide bonds. The van der Waals surface area contributed by atoms with Gasteiger partial charge >= 0.3 is 0 Å². The Balaban J connectivity index is 0.000000301. The Hall–Kier alpha value is -4.59. The van der Waals surface area contributed by atoms with Gasteiger partial charge in [-0.3, -0.25) is 4.98 Å². The molecule has 1 aliphatic heterocycles. The Morgan fingerprint density at radius 2 is 1.62 bits per heavy atom. The average molecular weight is 491 g/mol. The molecule has 0 spiro atoms. The predicted octanol–water partition coefficient (Wildman–Crippen LogP) is 5.91. The summed E-state index contributed by atoms with van der Waals surface area (Å²) in [5.41, 5.74) is 12.5. The fraction of sp³-hybridized carbons (Fsp3) is 0.233. The van der Waals surface area contributed by atoms with Crippen molar-refractivity contribution < 1.29 is 4.74 Å². The summed E-state index contributed by atoms with van der Waals surface area (Å²) in [6.07, 6.45) is 2.35. The molecule has 186 valence electrons. The van der Waals surface area contributed by atoms with Crippen LogP contribution < -0.4 is 16.0 Å². The summed E-state index contributed by atoms with van der Waals surface area (Å²) >= 11 is 0. The minimum atomic E-state index is 0.423. The maximum absolute atomic E-state index is 8.94. The molecule has 1 fully saturated rings. The number of anilines is 4. The van der Waals surface area contributed by atoms with Crippen molar-refractivity contribution in [1.82, 2.24) is 4.98 Å². The number of nitrogens with zero attached hydrogens (tertiary/aromatic N) is 4. The van der Waals surface area contributed by atoms with Crippen molar-refractivity contribution in [2.45, 2.75) is 25.8 Å². The molecule has 1 saturated heterocycles. The van der Waals surface area contributed by atoms with Crippen molar-refractivity contribution in [2.24, 2.45) is 0 Å². The van der Waals surface area contributed by atoms with E-state index in [0.29, 0.717) is 22.9 Å². The highest BCUT2D eigenvalue weighted by Gasteiger charge is 2.26. The Morgan fingerprint density at radius 3 is 2.27 bits per heavy atom. The predicted molar refractivity (Wildman–Crippen MR) is 149 cm³/mol. The van der Waals surface area contributed by atoms with Crippen LogP contribution in [0.25, 0.3) is 10.9 Å². The van der Waals surface area contributed by atoms with E-state index in [4.69, 9.17) is 26.0 Å². The molecule has 3 N–H and O–H groups in total. The largest absolute Gasteiger partial charge is 0.399 e. The highest BCUT2D eigenvalue weighted by Crippen LogP contribution is 2.34. The summed E-state index contributed by atoms with van der Waals surface area (Å²) in [6, 6.07) is 27.3. The number of fused-ring (bicyclic) bond motifs is 1. The van der Waals surface area contributed by atoms with Crippen molar-refractivity contribution in [1.29, 1.82) is 10.5 Å². The highest BCUT2D eigenvalue weighted by molar-refractivity contribution is 5.94. The topological polar surface area (TPSA) is 111 Å². The van der Waals surface area contributed by atoms with Crippen LogP contribution in [-0.4, -0.2) is 31.3 Å². The van der Waals surface area contributed by atoms with Gasteiger partial charge in [0.15, 0.2) is 0 Å². The first-order chi connectivity index (χ1) is 18.0. The molecule has 0 bridgehead atoms. The number of benzene rings is 3. The Labute approximate surface area is 217 Å². The van der Waals surface area contributed by atoms with Crippen LogP contribution in [0.1, 0.15) is 29.7 Å². The van der Waals surface area contributed by atoms with Gasteiger partial charge in [0.05, 0.1) is 41.4 Å². The van der Waals surface area contributed by atoms with Crippen LogP contribution in [0.15, 0.2) is 72.8 Å². The van der Waals surface area contributed by atoms with Gasteiger partial charge < -0.3 is 20.7 Å². The number of pyridine rings is 1. The number of aromatic nitrogens is 1. The summed E-state index contributed by atoms with van der Waals surface area (Å²) in [4.78, 5) is 7.23. The third-order valence-corrected chi connectivity index (χ3v) is 6.30. The first kappa shape index (κ1) is 25.5. The SMILES string of the molecule is COC[C@H]1CCCN1c1cc(C)nc2cc(Nc3ccc(C#N)cc3)ccc12.N#Cc1ccc(N)cc1. The zero-order chi connectivity index (χ0) is 26.2. The number of nitrogens with two attached hydrogens (primary N) is 1. The fourth-order valence-electron chi connectivity index (χ4n) is 4.52. The van der Waals surface area contributed by atoms with E-state index in [1.807, 2.05) is 37.3 Å². The fourth-order valence-corrected chi connectivity index (χ4v) is 4.52. The summed E-state index contributed by atoms with van der Waals surface area (Å²) in [5, 5.41) is 21.8. The number of rotatable bonds is 5. The smallest absolute Gasteiger partial charge is 0.0991 e. The normalized spacial score (nSPS) is 14.4. The third-order valence-electron chi connectivity index (χ3n) is 6.30. The monoisotopic (exact) mass is 490 g/mol. The van der Waals surface area contributed by atoms with E-state index in [1.54, 1.807) is 31.4 Å². The van der Waals surface area contributed by atoms with Crippen LogP contribution in [0.4, 0.5) is 22.7 Å². The van der Waals surface area contributed by atoms with Crippen LogP contribution in [-0.2, 0) is 4.74 Å². The molecular formula is C30H30N6O. The maximum atomic E-state index is 8.94. The van der Waals surface area contributed by atoms with Gasteiger partial charge in [0, 0.05) is 47.5 Å². The van der Waals surface area contributed by atoms with Crippen LogP contribution in [0.5, 0.6) is 0 Å². The summed E-state index contributed by atoms with van der Waals surface area (Å²) < 4.78 is 5.43. The molecule has 7 heteroatoms. The molecule has 0 aliphatic carbocycles. The van der Waals surface area contributed by atoms with Crippen molar-refractivity contribution in [3.63, 3.8) is 0 Å². The van der Waals surface area contributed by atoms with Crippen LogP contribution in [0.2, 0.25) is 0 Å². The molecule has 4 aromatic rings. The Bertz CT molecular complexity index is 1430. The molecule has 37 heavy (non-hydrogen) atoms. The Kier molecular flexibility index (Phi) is 8.20. The van der Waals surface area contributed by atoms with Crippen molar-refractivity contribution in [2.75, 3.05) is 36.2 Å². The number of methoxy groups -OCH3 is 1. The van der Waals surface area contributed by atoms with Crippen LogP contribution in [0, 0.1) is 29.6 Å². The molecule has 3 aromatic carbocycles. The number of hydrogen-bond acceptors (Lipinski definition) is 7. The van der Waals surface area contributed by atoms with E-state index in [9.17, 15) is 0 Å². The lowest BCUT2D eigenvalue weighted by atomic mass is 10.1. The standard InChI is InChI=1S/C23H24N4O.C7H6N2/c1-16-12-23(27-11-3-4-20(27)15-28-2)21-10-9-19(13-22(21)25-16)26-18-7-5-17(14-24)6-8-18;8-5-6-1-3-7(9)4-2-6/h5-10,12-13,20,26H,3-4,11,15H2,1-2H3;1-4H,9H2/t20-;/m1./s1. The molecule has 1 aromatic heterocycles. The number of aryl methyl sites for hydroxylation is 1. The lowest BCUT2D eigenvalue weighted by molar-refractivity contribution is 0.181. The second-order valence-electron chi connectivity index (χ2n) is 9.01. The number of nitriles is 2. The first-order valence-electron chi connectivity index (χ1n) is 12.2. The lowest BCUT2D eigenvalue weighted by Gasteiger charge is -2.28. The van der Waals surface area contributed by atoms with Crippen molar-refractivity contribution >= 4 is 33.7 Å². The van der Waals surface area contributed by atoms with Gasteiger partial charge in [0.1, 0.15) is 0 Å². The molecule has 1 aliphatic rings. The number of ether oxygens (including phenoxy) is 1. The molecule has 1 atom stereocenters. The quantitative estimate of drug-likeness (QED) is 0.334. The second kappa shape index (κ2) is 11.9. The first-order valence-corrected chi connectivity index (χ1v) is 12.2. The van der Waals surface area contributed by atoms with Gasteiger partial charge in [-0.2, -0.15) is 10.5 Å². The number of nitrogens with one attached hydrogen (secondary N) is 1. The van der Waals surface area contributed by atoms with Gasteiger partial charge in [-0.1, -0.05) is 0 Å². The molecule has 5 rings (SSSR count). The van der Waals surface area contributed by atoms with E-state index in [1.165, 1.54) is 17.5 Å². The minimum absolute atomic E-state index is 0.423. The summed E-state index contributed by atoms with van der Waals surface area (Å²) in [5.74, 6) is 0. The van der Waals surface area contributed by atoms with Gasteiger partial charge in [0.2, 0.25) is 0 Å². The number of nitrogen functional groups attached to an aromatic ring is 1. The van der Waals surface area contributed by atoms with Gasteiger partial charge in [-0.15, -0.1) is 0 Å². The zero-order valence-electron chi connectivity index (χ0n) is 21.1. The van der Waals surface area contributed by atoms with E-state index in [0.717, 1.165) is 42.2 Å². The van der Waals surface area contributed by atoms with E-state index < -0.39 is 0 Å². The van der Waals surface area contributed by atoms with Crippen LogP contribution in [0.3, 0.4) is 0 Å². The average Bonchev–Trinajstić information content (AvgIpc) is 3.37. The van der Waals surface area contributed by atoms with Crippen molar-refractivity contribution in [3.8, 4) is 12.1 Å². The molecule has 2 heterocycles. The summed E-state index contributed by atoms with van der Waals surface area (Å²) in [6.45, 7) is 3.85. The van der Waals surface area contributed by atoms with Gasteiger partial charge in [-0.25, -0.2) is 0 Å². The molecule has 0 saturated carbocycles. The molecular weight excluding hydrogens is 460 g/mol. The van der Waals surface area contributed by atoms with Gasteiger partial charge in [-0.05, 0) is 92.6 Å². The van der Waals surface area contributed by atoms with E-state index in [-0.39, 0.29) is 0 Å². The van der Waals surface area contributed by atoms with Crippen molar-refractivity contribution in [3.05, 3.63) is 89.6 Å². The Morgan fingerprint density at radius 1 is 0.973 bits per heavy atom. The molecule has 0 radical (unpaired) electrons. The zero-order valence-corrected chi connectivity index (χ0v) is 21.1. The minimum Gasteiger partial charge on any atom is -0.399 e. The summed E-state index contributed by atoms with van der Waals surface area (Å²) in [7, 11) is 1.77. The van der Waals surface area contributed by atoms with Crippen LogP contribution >= 0.6 is 0 Å². The molecule has 0 unspecified atom stereocenters. The molecule has 7 nitrogen and oxygen atoms in total. The lowest BCUT2D eigenvalue weighted by Crippen LogP contribution is -2.33. The third kappa shape index (κ3) is 6.35. The van der Waals surface area contributed by atoms with E-state index >= 15 is 0 Å². The second-order valence-corrected chi connectivity index (χ2v) is 9.01. The maximum Gasteiger partial charge on any atom is 0.0991 e. The highest BCUT2D eigenvalue weighted by atomic mass is 16.5. The van der Waals surface area contributed by atoms with Gasteiger partial charge in [0.25, 0.3) is 0 Å². The number of hydrogen-bond donors (Lipinski definition) is 2. The van der Waals surface area contributed by atoms with E-state index in [2.05, 4.69) is 40.6 Å².